The van der Waals surface area contributed by atoms with Gasteiger partial charge < -0.3 is 15.5 Å². The van der Waals surface area contributed by atoms with E-state index in [4.69, 9.17) is 11.6 Å². The molecular formula is C18H19ClN4O4S. The summed E-state index contributed by atoms with van der Waals surface area (Å²) in [6.45, 7) is 2.51. The molecule has 1 aromatic carbocycles. The molecule has 2 aliphatic heterocycles. The number of imide groups is 1. The van der Waals surface area contributed by atoms with Gasteiger partial charge in [-0.15, -0.1) is 0 Å². The highest BCUT2D eigenvalue weighted by molar-refractivity contribution is 8.18. The second-order valence-corrected chi connectivity index (χ2v) is 7.86. The zero-order valence-corrected chi connectivity index (χ0v) is 16.7. The van der Waals surface area contributed by atoms with E-state index in [0.29, 0.717) is 23.0 Å². The molecule has 1 unspecified atom stereocenters. The number of para-hydroxylation sites is 1. The molecule has 0 aromatic heterocycles. The summed E-state index contributed by atoms with van der Waals surface area (Å²) in [5, 5.41) is 7.71. The average Bonchev–Trinajstić information content (AvgIpc) is 3.19. The monoisotopic (exact) mass is 422 g/mol. The van der Waals surface area contributed by atoms with E-state index in [1.165, 1.54) is 6.92 Å². The van der Waals surface area contributed by atoms with Crippen molar-refractivity contribution in [2.24, 2.45) is 0 Å². The van der Waals surface area contributed by atoms with Gasteiger partial charge in [0, 0.05) is 31.6 Å². The molecule has 10 heteroatoms. The highest BCUT2D eigenvalue weighted by Gasteiger charge is 2.29. The van der Waals surface area contributed by atoms with E-state index in [9.17, 15) is 19.2 Å². The molecule has 1 aromatic rings. The Morgan fingerprint density at radius 3 is 2.86 bits per heavy atom. The lowest BCUT2D eigenvalue weighted by Gasteiger charge is -2.23. The summed E-state index contributed by atoms with van der Waals surface area (Å²) in [6, 6.07) is 5.28. The largest absolute Gasteiger partial charge is 0.368 e. The Labute approximate surface area is 171 Å². The van der Waals surface area contributed by atoms with Crippen molar-refractivity contribution in [3.05, 3.63) is 33.7 Å². The molecule has 28 heavy (non-hydrogen) atoms. The molecule has 4 amide bonds. The van der Waals surface area contributed by atoms with Gasteiger partial charge in [-0.1, -0.05) is 23.7 Å². The summed E-state index contributed by atoms with van der Waals surface area (Å²) in [5.74, 6) is -0.934. The summed E-state index contributed by atoms with van der Waals surface area (Å²) >= 11 is 7.27. The van der Waals surface area contributed by atoms with Crippen molar-refractivity contribution in [2.75, 3.05) is 24.5 Å². The molecule has 148 valence electrons. The number of carbonyl (C=O) groups is 4. The third kappa shape index (κ3) is 4.85. The maximum Gasteiger partial charge on any atom is 0.290 e. The van der Waals surface area contributed by atoms with E-state index in [0.717, 1.165) is 29.4 Å². The van der Waals surface area contributed by atoms with Crippen LogP contribution in [0.4, 0.5) is 10.5 Å². The van der Waals surface area contributed by atoms with Crippen LogP contribution in [0.1, 0.15) is 18.9 Å². The maximum absolute atomic E-state index is 11.9. The zero-order chi connectivity index (χ0) is 20.3. The van der Waals surface area contributed by atoms with Gasteiger partial charge in [-0.25, -0.2) is 0 Å². The lowest BCUT2D eigenvalue weighted by molar-refractivity contribution is -0.125. The first-order valence-corrected chi connectivity index (χ1v) is 9.85. The molecule has 8 nitrogen and oxygen atoms in total. The van der Waals surface area contributed by atoms with E-state index >= 15 is 0 Å². The second kappa shape index (κ2) is 8.66. The first-order valence-electron chi connectivity index (χ1n) is 8.65. The molecule has 0 aliphatic carbocycles. The Kier molecular flexibility index (Phi) is 6.25. The first-order chi connectivity index (χ1) is 13.3. The third-order valence-corrected chi connectivity index (χ3v) is 5.43. The van der Waals surface area contributed by atoms with E-state index in [2.05, 4.69) is 16.0 Å². The van der Waals surface area contributed by atoms with Crippen LogP contribution in [0.15, 0.2) is 23.1 Å². The number of thioether (sulfide) groups is 1. The van der Waals surface area contributed by atoms with Gasteiger partial charge in [-0.05, 0) is 30.3 Å². The number of nitrogens with one attached hydrogen (secondary N) is 3. The standard InChI is InChI=1S/C18H19ClN4O4S/c1-10(24)20-8-15(25)21-12-5-6-23(9-12)16-11(3-2-4-13(16)19)7-14-17(26)22-18(27)28-14/h2-4,7,12H,5-6,8-9H2,1H3,(H,20,24)(H,21,25)(H,22,26,27). The first kappa shape index (κ1) is 20.2. The van der Waals surface area contributed by atoms with Gasteiger partial charge in [0.25, 0.3) is 11.1 Å². The van der Waals surface area contributed by atoms with Crippen LogP contribution >= 0.6 is 23.4 Å². The molecule has 1 atom stereocenters. The Balaban J connectivity index is 1.73. The number of amides is 4. The summed E-state index contributed by atoms with van der Waals surface area (Å²) in [7, 11) is 0. The number of anilines is 1. The number of halogens is 1. The number of carbonyl (C=O) groups excluding carboxylic acids is 4. The molecule has 0 bridgehead atoms. The number of rotatable bonds is 5. The summed E-state index contributed by atoms with van der Waals surface area (Å²) in [5.41, 5.74) is 1.48. The van der Waals surface area contributed by atoms with E-state index < -0.39 is 11.1 Å². The quantitative estimate of drug-likeness (QED) is 0.620. The van der Waals surface area contributed by atoms with E-state index in [1.54, 1.807) is 18.2 Å². The lowest BCUT2D eigenvalue weighted by atomic mass is 10.1. The van der Waals surface area contributed by atoms with Crippen molar-refractivity contribution in [1.82, 2.24) is 16.0 Å². The summed E-state index contributed by atoms with van der Waals surface area (Å²) < 4.78 is 0. The van der Waals surface area contributed by atoms with Gasteiger partial charge in [0.05, 0.1) is 22.2 Å². The SMILES string of the molecule is CC(=O)NCC(=O)NC1CCN(c2c(Cl)cccc2C=C2SC(=O)NC2=O)C1. The Morgan fingerprint density at radius 2 is 2.18 bits per heavy atom. The van der Waals surface area contributed by atoms with E-state index in [-0.39, 0.29) is 24.4 Å². The summed E-state index contributed by atoms with van der Waals surface area (Å²) in [4.78, 5) is 48.4. The van der Waals surface area contributed by atoms with Gasteiger partial charge in [-0.2, -0.15) is 0 Å². The fraction of sp³-hybridized carbons (Fsp3) is 0.333. The highest BCUT2D eigenvalue weighted by Crippen LogP contribution is 2.35. The molecule has 2 fully saturated rings. The van der Waals surface area contributed by atoms with Crippen molar-refractivity contribution in [2.45, 2.75) is 19.4 Å². The van der Waals surface area contributed by atoms with Crippen molar-refractivity contribution < 1.29 is 19.2 Å². The molecule has 0 radical (unpaired) electrons. The lowest BCUT2D eigenvalue weighted by Crippen LogP contribution is -2.42. The van der Waals surface area contributed by atoms with Crippen molar-refractivity contribution in [1.29, 1.82) is 0 Å². The summed E-state index contributed by atoms with van der Waals surface area (Å²) in [6.07, 6.45) is 2.37. The van der Waals surface area contributed by atoms with Crippen LogP contribution < -0.4 is 20.9 Å². The normalized spacial score (nSPS) is 20.4. The average molecular weight is 423 g/mol. The van der Waals surface area contributed by atoms with Gasteiger partial charge in [0.2, 0.25) is 11.8 Å². The predicted octanol–water partition coefficient (Wildman–Crippen LogP) is 1.49. The molecule has 2 saturated heterocycles. The van der Waals surface area contributed by atoms with Gasteiger partial charge in [0.1, 0.15) is 0 Å². The number of hydrogen-bond acceptors (Lipinski definition) is 6. The number of hydrogen-bond donors (Lipinski definition) is 3. The fourth-order valence-electron chi connectivity index (χ4n) is 3.11. The van der Waals surface area contributed by atoms with Crippen LogP contribution in [-0.2, 0) is 14.4 Å². The molecule has 3 rings (SSSR count). The van der Waals surface area contributed by atoms with E-state index in [1.807, 2.05) is 11.0 Å². The number of nitrogens with zero attached hydrogens (tertiary/aromatic N) is 1. The molecule has 0 spiro atoms. The minimum absolute atomic E-state index is 0.0599. The fourth-order valence-corrected chi connectivity index (χ4v) is 4.08. The number of benzene rings is 1. The minimum Gasteiger partial charge on any atom is -0.368 e. The Bertz CT molecular complexity index is 873. The molecule has 0 saturated carbocycles. The maximum atomic E-state index is 11.9. The third-order valence-electron chi connectivity index (χ3n) is 4.31. The van der Waals surface area contributed by atoms with Crippen molar-refractivity contribution >= 4 is 58.1 Å². The highest BCUT2D eigenvalue weighted by atomic mass is 35.5. The second-order valence-electron chi connectivity index (χ2n) is 6.44. The van der Waals surface area contributed by atoms with Crippen LogP contribution in [0.5, 0.6) is 0 Å². The van der Waals surface area contributed by atoms with Gasteiger partial charge >= 0.3 is 0 Å². The molecule has 2 aliphatic rings. The smallest absolute Gasteiger partial charge is 0.290 e. The molecule has 3 N–H and O–H groups in total. The Morgan fingerprint density at radius 1 is 1.39 bits per heavy atom. The van der Waals surface area contributed by atoms with Crippen LogP contribution in [0.2, 0.25) is 5.02 Å². The van der Waals surface area contributed by atoms with Crippen LogP contribution in [-0.4, -0.2) is 48.6 Å². The molecule has 2 heterocycles. The van der Waals surface area contributed by atoms with Crippen molar-refractivity contribution in [3.8, 4) is 0 Å². The van der Waals surface area contributed by atoms with Crippen molar-refractivity contribution in [3.63, 3.8) is 0 Å². The predicted molar refractivity (Wildman–Crippen MR) is 108 cm³/mol. The van der Waals surface area contributed by atoms with Crippen LogP contribution in [0.25, 0.3) is 6.08 Å². The zero-order valence-electron chi connectivity index (χ0n) is 15.1. The minimum atomic E-state index is -0.426. The van der Waals surface area contributed by atoms with Gasteiger partial charge in [0.15, 0.2) is 0 Å². The van der Waals surface area contributed by atoms with Crippen LogP contribution in [0, 0.1) is 0 Å². The van der Waals surface area contributed by atoms with Gasteiger partial charge in [-0.3, -0.25) is 24.5 Å². The van der Waals surface area contributed by atoms with Crippen LogP contribution in [0.3, 0.4) is 0 Å². The molecular weight excluding hydrogens is 404 g/mol. The Hall–Kier alpha value is -2.52. The topological polar surface area (TPSA) is 108 Å².